The first-order chi connectivity index (χ1) is 14.3. The largest absolute Gasteiger partial charge is 0.475 e. The van der Waals surface area contributed by atoms with Gasteiger partial charge in [0, 0.05) is 12.1 Å². The molecule has 3 rings (SSSR count). The van der Waals surface area contributed by atoms with E-state index < -0.39 is 6.10 Å². The number of aryl methyl sites for hydroxylation is 1. The fraction of sp³-hybridized carbons (Fsp3) is 0.417. The summed E-state index contributed by atoms with van der Waals surface area (Å²) >= 11 is 0. The molecule has 6 nitrogen and oxygen atoms in total. The van der Waals surface area contributed by atoms with Crippen LogP contribution in [0.15, 0.2) is 42.5 Å². The summed E-state index contributed by atoms with van der Waals surface area (Å²) in [6.45, 7) is 8.96. The van der Waals surface area contributed by atoms with E-state index in [9.17, 15) is 9.59 Å². The molecule has 0 saturated carbocycles. The second-order valence-corrected chi connectivity index (χ2v) is 8.45. The number of fused-ring (bicyclic) bond motifs is 1. The summed E-state index contributed by atoms with van der Waals surface area (Å²) in [5.41, 5.74) is 3.98. The van der Waals surface area contributed by atoms with Gasteiger partial charge in [-0.2, -0.15) is 0 Å². The lowest BCUT2D eigenvalue weighted by atomic mass is 9.86. The molecule has 0 bridgehead atoms. The maximum atomic E-state index is 12.4. The van der Waals surface area contributed by atoms with Crippen LogP contribution >= 0.6 is 0 Å². The van der Waals surface area contributed by atoms with Crippen LogP contribution in [0.25, 0.3) is 0 Å². The third-order valence-electron chi connectivity index (χ3n) is 5.02. The first-order valence-electron chi connectivity index (χ1n) is 10.4. The molecule has 0 spiro atoms. The van der Waals surface area contributed by atoms with Crippen LogP contribution in [0.3, 0.4) is 0 Å². The van der Waals surface area contributed by atoms with Gasteiger partial charge in [-0.05, 0) is 48.1 Å². The predicted molar refractivity (Wildman–Crippen MR) is 118 cm³/mol. The topological polar surface area (TPSA) is 76.7 Å². The van der Waals surface area contributed by atoms with Crippen molar-refractivity contribution in [1.82, 2.24) is 0 Å². The van der Waals surface area contributed by atoms with Crippen LogP contribution in [0.1, 0.15) is 45.2 Å². The maximum absolute atomic E-state index is 12.4. The first-order valence-corrected chi connectivity index (χ1v) is 10.4. The Kier molecular flexibility index (Phi) is 6.65. The van der Waals surface area contributed by atoms with Crippen LogP contribution in [0.2, 0.25) is 0 Å². The van der Waals surface area contributed by atoms with Gasteiger partial charge in [-0.1, -0.05) is 45.0 Å². The second kappa shape index (κ2) is 9.20. The van der Waals surface area contributed by atoms with Crippen molar-refractivity contribution in [3.05, 3.63) is 53.6 Å². The van der Waals surface area contributed by atoms with Gasteiger partial charge in [0.2, 0.25) is 12.0 Å². The summed E-state index contributed by atoms with van der Waals surface area (Å²) < 4.78 is 10.7. The Morgan fingerprint density at radius 3 is 2.57 bits per heavy atom. The molecular formula is C24H30N2O4. The fourth-order valence-corrected chi connectivity index (χ4v) is 3.27. The highest BCUT2D eigenvalue weighted by Crippen LogP contribution is 2.32. The van der Waals surface area contributed by atoms with Crippen LogP contribution in [0.4, 0.5) is 11.4 Å². The van der Waals surface area contributed by atoms with E-state index in [1.54, 1.807) is 19.1 Å². The summed E-state index contributed by atoms with van der Waals surface area (Å²) in [6, 6.07) is 13.8. The van der Waals surface area contributed by atoms with Gasteiger partial charge >= 0.3 is 5.97 Å². The standard InChI is InChI=1S/C24H30N2O4/c1-5-29-23(28)21-15-25-19-14-18(11-12-20(19)30-21)26-22(27)13-8-16-6-9-17(10-7-16)24(2,3)4/h6-7,9-12,14,21,25H,5,8,13,15H2,1-4H3,(H,26,27). The molecule has 6 heteroatoms. The highest BCUT2D eigenvalue weighted by atomic mass is 16.6. The van der Waals surface area contributed by atoms with Gasteiger partial charge in [0.05, 0.1) is 18.8 Å². The maximum Gasteiger partial charge on any atom is 0.349 e. The van der Waals surface area contributed by atoms with Crippen LogP contribution in [-0.2, 0) is 26.2 Å². The van der Waals surface area contributed by atoms with Gasteiger partial charge in [-0.25, -0.2) is 4.79 Å². The summed E-state index contributed by atoms with van der Waals surface area (Å²) in [6.07, 6.45) is 0.424. The molecule has 1 atom stereocenters. The Balaban J connectivity index is 1.53. The molecule has 0 fully saturated rings. The molecule has 1 heterocycles. The third kappa shape index (κ3) is 5.53. The van der Waals surface area contributed by atoms with Crippen molar-refractivity contribution in [2.75, 3.05) is 23.8 Å². The number of carbonyl (C=O) groups excluding carboxylic acids is 2. The molecule has 0 aromatic heterocycles. The van der Waals surface area contributed by atoms with E-state index in [2.05, 4.69) is 55.7 Å². The number of carbonyl (C=O) groups is 2. The van der Waals surface area contributed by atoms with Gasteiger partial charge in [0.1, 0.15) is 5.75 Å². The molecule has 160 valence electrons. The second-order valence-electron chi connectivity index (χ2n) is 8.45. The number of esters is 1. The SMILES string of the molecule is CCOC(=O)C1CNc2cc(NC(=O)CCc3ccc(C(C)(C)C)cc3)ccc2O1. The van der Waals surface area contributed by atoms with Crippen molar-refractivity contribution in [3.63, 3.8) is 0 Å². The number of amides is 1. The predicted octanol–water partition coefficient (Wildman–Crippen LogP) is 4.29. The molecule has 30 heavy (non-hydrogen) atoms. The highest BCUT2D eigenvalue weighted by molar-refractivity contribution is 5.92. The van der Waals surface area contributed by atoms with E-state index in [-0.39, 0.29) is 17.3 Å². The number of anilines is 2. The van der Waals surface area contributed by atoms with Crippen LogP contribution < -0.4 is 15.4 Å². The monoisotopic (exact) mass is 410 g/mol. The number of benzene rings is 2. The molecule has 1 unspecified atom stereocenters. The number of hydrogen-bond acceptors (Lipinski definition) is 5. The number of ether oxygens (including phenoxy) is 2. The van der Waals surface area contributed by atoms with Gasteiger partial charge in [-0.15, -0.1) is 0 Å². The van der Waals surface area contributed by atoms with Crippen LogP contribution in [0, 0.1) is 0 Å². The van der Waals surface area contributed by atoms with Crippen molar-refractivity contribution in [2.45, 2.75) is 52.1 Å². The molecule has 2 aromatic carbocycles. The normalized spacial score (nSPS) is 15.4. The molecule has 2 aromatic rings. The Morgan fingerprint density at radius 1 is 1.17 bits per heavy atom. The number of nitrogens with one attached hydrogen (secondary N) is 2. The molecule has 0 saturated heterocycles. The van der Waals surface area contributed by atoms with Crippen LogP contribution in [-0.4, -0.2) is 31.1 Å². The highest BCUT2D eigenvalue weighted by Gasteiger charge is 2.27. The Labute approximate surface area is 178 Å². The molecule has 0 radical (unpaired) electrons. The molecule has 1 aliphatic heterocycles. The summed E-state index contributed by atoms with van der Waals surface area (Å²) in [7, 11) is 0. The summed E-state index contributed by atoms with van der Waals surface area (Å²) in [5, 5.41) is 6.09. The zero-order valence-corrected chi connectivity index (χ0v) is 18.1. The Bertz CT molecular complexity index is 900. The van der Waals surface area contributed by atoms with E-state index in [1.165, 1.54) is 5.56 Å². The minimum Gasteiger partial charge on any atom is -0.475 e. The van der Waals surface area contributed by atoms with Crippen molar-refractivity contribution in [2.24, 2.45) is 0 Å². The fourth-order valence-electron chi connectivity index (χ4n) is 3.27. The van der Waals surface area contributed by atoms with E-state index in [4.69, 9.17) is 9.47 Å². The summed E-state index contributed by atoms with van der Waals surface area (Å²) in [5.74, 6) is 0.135. The molecule has 1 aliphatic rings. The first kappa shape index (κ1) is 21.7. The minimum atomic E-state index is -0.664. The lowest BCUT2D eigenvalue weighted by molar-refractivity contribution is -0.150. The van der Waals surface area contributed by atoms with Gasteiger partial charge < -0.3 is 20.1 Å². The average molecular weight is 411 g/mol. The van der Waals surface area contributed by atoms with Crippen molar-refractivity contribution >= 4 is 23.3 Å². The molecule has 1 amide bonds. The number of hydrogen-bond donors (Lipinski definition) is 2. The van der Waals surface area contributed by atoms with Crippen LogP contribution in [0.5, 0.6) is 5.75 Å². The Hall–Kier alpha value is -3.02. The van der Waals surface area contributed by atoms with E-state index >= 15 is 0 Å². The van der Waals surface area contributed by atoms with E-state index in [0.717, 1.165) is 11.3 Å². The molecule has 2 N–H and O–H groups in total. The van der Waals surface area contributed by atoms with Gasteiger partial charge in [0.15, 0.2) is 0 Å². The van der Waals surface area contributed by atoms with Crippen molar-refractivity contribution in [3.8, 4) is 5.75 Å². The number of rotatable bonds is 6. The average Bonchev–Trinajstić information content (AvgIpc) is 2.71. The smallest absolute Gasteiger partial charge is 0.349 e. The zero-order chi connectivity index (χ0) is 21.7. The minimum absolute atomic E-state index is 0.0454. The summed E-state index contributed by atoms with van der Waals surface area (Å²) in [4.78, 5) is 24.2. The Morgan fingerprint density at radius 2 is 1.90 bits per heavy atom. The lowest BCUT2D eigenvalue weighted by Gasteiger charge is -2.26. The van der Waals surface area contributed by atoms with E-state index in [0.29, 0.717) is 37.4 Å². The van der Waals surface area contributed by atoms with E-state index in [1.807, 2.05) is 6.07 Å². The lowest BCUT2D eigenvalue weighted by Crippen LogP contribution is -2.38. The van der Waals surface area contributed by atoms with Crippen molar-refractivity contribution < 1.29 is 19.1 Å². The van der Waals surface area contributed by atoms with Crippen molar-refractivity contribution in [1.29, 1.82) is 0 Å². The van der Waals surface area contributed by atoms with Gasteiger partial charge in [0.25, 0.3) is 0 Å². The molecular weight excluding hydrogens is 380 g/mol. The molecule has 0 aliphatic carbocycles. The van der Waals surface area contributed by atoms with Gasteiger partial charge in [-0.3, -0.25) is 4.79 Å². The third-order valence-corrected chi connectivity index (χ3v) is 5.02. The quantitative estimate of drug-likeness (QED) is 0.695. The zero-order valence-electron chi connectivity index (χ0n) is 18.1.